The van der Waals surface area contributed by atoms with Crippen molar-refractivity contribution in [3.63, 3.8) is 0 Å². The number of aromatic nitrogens is 3. The number of nitrogens with zero attached hydrogens (tertiary/aromatic N) is 3. The Balaban J connectivity index is 1.47. The molecule has 0 saturated carbocycles. The number of esters is 1. The van der Waals surface area contributed by atoms with E-state index in [1.54, 1.807) is 6.92 Å². The smallest absolute Gasteiger partial charge is 0.387 e. The van der Waals surface area contributed by atoms with Gasteiger partial charge in [0.15, 0.2) is 6.61 Å². The summed E-state index contributed by atoms with van der Waals surface area (Å²) in [6.45, 7) is -1.59. The average Bonchev–Trinajstić information content (AvgIpc) is 3.38. The molecule has 158 valence electrons. The van der Waals surface area contributed by atoms with Crippen LogP contribution in [0.25, 0.3) is 22.7 Å². The molecule has 0 atom stereocenters. The van der Waals surface area contributed by atoms with Crippen LogP contribution in [0.2, 0.25) is 0 Å². The minimum Gasteiger partial charge on any atom is -0.452 e. The maximum absolute atomic E-state index is 12.3. The van der Waals surface area contributed by atoms with Crippen molar-refractivity contribution in [2.75, 3.05) is 0 Å². The van der Waals surface area contributed by atoms with Gasteiger partial charge in [0.25, 0.3) is 11.8 Å². The van der Waals surface area contributed by atoms with Crippen LogP contribution < -0.4 is 4.74 Å². The van der Waals surface area contributed by atoms with Gasteiger partial charge in [-0.05, 0) is 25.1 Å². The molecule has 0 N–H and O–H groups in total. The van der Waals surface area contributed by atoms with E-state index in [0.717, 1.165) is 11.6 Å². The summed E-state index contributed by atoms with van der Waals surface area (Å²) in [7, 11) is 0. The Morgan fingerprint density at radius 2 is 1.90 bits per heavy atom. The first-order chi connectivity index (χ1) is 15.0. The first-order valence-electron chi connectivity index (χ1n) is 9.07. The molecule has 0 saturated heterocycles. The molecule has 10 heteroatoms. The van der Waals surface area contributed by atoms with Crippen molar-refractivity contribution in [3.8, 4) is 28.5 Å². The van der Waals surface area contributed by atoms with Gasteiger partial charge in [0, 0.05) is 5.56 Å². The summed E-state index contributed by atoms with van der Waals surface area (Å²) < 4.78 is 45.0. The molecule has 0 aliphatic rings. The highest BCUT2D eigenvalue weighted by molar-refractivity contribution is 5.89. The topological polar surface area (TPSA) is 100 Å². The lowest BCUT2D eigenvalue weighted by atomic mass is 10.1. The van der Waals surface area contributed by atoms with Crippen molar-refractivity contribution in [2.24, 2.45) is 0 Å². The Bertz CT molecular complexity index is 1190. The molecule has 0 unspecified atom stereocenters. The number of carbonyl (C=O) groups excluding carboxylic acids is 1. The Morgan fingerprint density at radius 1 is 1.10 bits per heavy atom. The maximum Gasteiger partial charge on any atom is 0.387 e. The Labute approximate surface area is 174 Å². The molecule has 31 heavy (non-hydrogen) atoms. The number of carbonyl (C=O) groups is 1. The van der Waals surface area contributed by atoms with E-state index in [0.29, 0.717) is 17.0 Å². The predicted octanol–water partition coefficient (Wildman–Crippen LogP) is 4.66. The van der Waals surface area contributed by atoms with Gasteiger partial charge >= 0.3 is 12.6 Å². The Morgan fingerprint density at radius 3 is 2.68 bits per heavy atom. The zero-order chi connectivity index (χ0) is 21.8. The van der Waals surface area contributed by atoms with E-state index in [2.05, 4.69) is 20.1 Å². The molecular formula is C21H15F2N3O5. The molecular weight excluding hydrogens is 412 g/mol. The van der Waals surface area contributed by atoms with Gasteiger partial charge in [0.1, 0.15) is 22.8 Å². The van der Waals surface area contributed by atoms with Crippen LogP contribution in [0.5, 0.6) is 5.75 Å². The fourth-order valence-corrected chi connectivity index (χ4v) is 2.84. The predicted molar refractivity (Wildman–Crippen MR) is 102 cm³/mol. The highest BCUT2D eigenvalue weighted by Crippen LogP contribution is 2.33. The molecule has 2 heterocycles. The summed E-state index contributed by atoms with van der Waals surface area (Å²) in [5.41, 5.74) is 1.93. The van der Waals surface area contributed by atoms with Crippen molar-refractivity contribution >= 4 is 5.97 Å². The fourth-order valence-electron chi connectivity index (χ4n) is 2.84. The summed E-state index contributed by atoms with van der Waals surface area (Å²) in [6.07, 6.45) is 0. The van der Waals surface area contributed by atoms with Crippen LogP contribution in [0, 0.1) is 6.92 Å². The average molecular weight is 427 g/mol. The van der Waals surface area contributed by atoms with Crippen LogP contribution in [0.3, 0.4) is 0 Å². The second-order valence-electron chi connectivity index (χ2n) is 6.31. The lowest BCUT2D eigenvalue weighted by Crippen LogP contribution is -2.07. The molecule has 8 nitrogen and oxygen atoms in total. The second-order valence-corrected chi connectivity index (χ2v) is 6.31. The standard InChI is InChI=1S/C21H15F2N3O5/c1-12-17(18(26-31-12)13-6-3-2-4-7-13)19-25-24-16(30-19)11-28-20(27)14-8-5-9-15(10-14)29-21(22)23/h2-10,21H,11H2,1H3. The number of hydrogen-bond donors (Lipinski definition) is 0. The number of benzene rings is 2. The van der Waals surface area contributed by atoms with Gasteiger partial charge in [-0.3, -0.25) is 0 Å². The van der Waals surface area contributed by atoms with Crippen molar-refractivity contribution in [1.82, 2.24) is 15.4 Å². The monoisotopic (exact) mass is 427 g/mol. The van der Waals surface area contributed by atoms with Gasteiger partial charge in [-0.1, -0.05) is 41.6 Å². The summed E-state index contributed by atoms with van der Waals surface area (Å²) in [4.78, 5) is 12.2. The summed E-state index contributed by atoms with van der Waals surface area (Å²) >= 11 is 0. The molecule has 0 amide bonds. The molecule has 4 aromatic rings. The first-order valence-corrected chi connectivity index (χ1v) is 9.07. The molecule has 2 aromatic heterocycles. The largest absolute Gasteiger partial charge is 0.452 e. The number of ether oxygens (including phenoxy) is 2. The van der Waals surface area contributed by atoms with Gasteiger partial charge in [0.05, 0.1) is 5.56 Å². The summed E-state index contributed by atoms with van der Waals surface area (Å²) in [6, 6.07) is 14.6. The molecule has 0 radical (unpaired) electrons. The van der Waals surface area contributed by atoms with E-state index in [9.17, 15) is 13.6 Å². The normalized spacial score (nSPS) is 11.0. The van der Waals surface area contributed by atoms with Crippen LogP contribution >= 0.6 is 0 Å². The van der Waals surface area contributed by atoms with Crippen LogP contribution in [-0.4, -0.2) is 27.9 Å². The van der Waals surface area contributed by atoms with Crippen molar-refractivity contribution in [3.05, 3.63) is 71.8 Å². The second kappa shape index (κ2) is 8.74. The molecule has 0 fully saturated rings. The summed E-state index contributed by atoms with van der Waals surface area (Å²) in [5.74, 6) is -0.215. The van der Waals surface area contributed by atoms with Crippen molar-refractivity contribution in [1.29, 1.82) is 0 Å². The zero-order valence-corrected chi connectivity index (χ0v) is 16.1. The fraction of sp³-hybridized carbons (Fsp3) is 0.143. The number of halogens is 2. The maximum atomic E-state index is 12.3. The highest BCUT2D eigenvalue weighted by atomic mass is 19.3. The van der Waals surface area contributed by atoms with Crippen molar-refractivity contribution < 1.29 is 32.0 Å². The van der Waals surface area contributed by atoms with E-state index in [-0.39, 0.29) is 29.7 Å². The molecule has 4 rings (SSSR count). The third-order valence-electron chi connectivity index (χ3n) is 4.21. The van der Waals surface area contributed by atoms with E-state index in [4.69, 9.17) is 13.7 Å². The molecule has 0 aliphatic carbocycles. The van der Waals surface area contributed by atoms with Crippen LogP contribution in [0.4, 0.5) is 8.78 Å². The number of rotatable bonds is 7. The minimum absolute atomic E-state index is 0.0409. The molecule has 0 aliphatic heterocycles. The lowest BCUT2D eigenvalue weighted by molar-refractivity contribution is -0.0499. The minimum atomic E-state index is -3.00. The summed E-state index contributed by atoms with van der Waals surface area (Å²) in [5, 5.41) is 11.9. The molecule has 0 spiro atoms. The van der Waals surface area contributed by atoms with E-state index in [1.165, 1.54) is 18.2 Å². The quantitative estimate of drug-likeness (QED) is 0.393. The van der Waals surface area contributed by atoms with Crippen LogP contribution in [-0.2, 0) is 11.3 Å². The number of hydrogen-bond acceptors (Lipinski definition) is 8. The lowest BCUT2D eigenvalue weighted by Gasteiger charge is -2.06. The van der Waals surface area contributed by atoms with Gasteiger partial charge in [-0.25, -0.2) is 4.79 Å². The van der Waals surface area contributed by atoms with Gasteiger partial charge in [-0.15, -0.1) is 10.2 Å². The van der Waals surface area contributed by atoms with Crippen LogP contribution in [0.15, 0.2) is 63.5 Å². The van der Waals surface area contributed by atoms with Gasteiger partial charge in [-0.2, -0.15) is 8.78 Å². The zero-order valence-electron chi connectivity index (χ0n) is 16.1. The Hall–Kier alpha value is -4.08. The number of aryl methyl sites for hydroxylation is 1. The number of alkyl halides is 2. The third kappa shape index (κ3) is 4.58. The molecule has 2 aromatic carbocycles. The SMILES string of the molecule is Cc1onc(-c2ccccc2)c1-c1nnc(COC(=O)c2cccc(OC(F)F)c2)o1. The van der Waals surface area contributed by atoms with E-state index in [1.807, 2.05) is 30.3 Å². The van der Waals surface area contributed by atoms with Crippen molar-refractivity contribution in [2.45, 2.75) is 20.1 Å². The first kappa shape index (κ1) is 20.2. The van der Waals surface area contributed by atoms with E-state index >= 15 is 0 Å². The van der Waals surface area contributed by atoms with Gasteiger partial charge in [0.2, 0.25) is 0 Å². The van der Waals surface area contributed by atoms with Gasteiger partial charge < -0.3 is 18.4 Å². The highest BCUT2D eigenvalue weighted by Gasteiger charge is 2.22. The van der Waals surface area contributed by atoms with Crippen LogP contribution in [0.1, 0.15) is 22.0 Å². The third-order valence-corrected chi connectivity index (χ3v) is 4.21. The van der Waals surface area contributed by atoms with E-state index < -0.39 is 12.6 Å². The molecule has 0 bridgehead atoms. The Kier molecular flexibility index (Phi) is 5.69.